The van der Waals surface area contributed by atoms with Crippen LogP contribution in [-0.2, 0) is 32.5 Å². The number of carbonyl (C=O) groups is 2. The molecule has 11 heteroatoms. The van der Waals surface area contributed by atoms with Gasteiger partial charge in [0.15, 0.2) is 11.6 Å². The normalized spacial score (nSPS) is 14.7. The summed E-state index contributed by atoms with van der Waals surface area (Å²) in [7, 11) is -4.42. The summed E-state index contributed by atoms with van der Waals surface area (Å²) in [6.45, 7) is 11.7. The average Bonchev–Trinajstić information content (AvgIpc) is 2.97. The first kappa shape index (κ1) is 34.2. The molecule has 1 heterocycles. The van der Waals surface area contributed by atoms with E-state index in [1.54, 1.807) is 6.07 Å². The zero-order valence-corrected chi connectivity index (χ0v) is 27.0. The van der Waals surface area contributed by atoms with Gasteiger partial charge < -0.3 is 10.1 Å². The highest BCUT2D eigenvalue weighted by Gasteiger charge is 2.23. The number of amides is 2. The molecule has 4 rings (SSSR count). The highest BCUT2D eigenvalue weighted by molar-refractivity contribution is 7.90. The van der Waals surface area contributed by atoms with E-state index in [1.807, 2.05) is 30.7 Å². The topological polar surface area (TPSA) is 105 Å². The highest BCUT2D eigenvalue weighted by Crippen LogP contribution is 2.25. The summed E-state index contributed by atoms with van der Waals surface area (Å²) >= 11 is 0. The second kappa shape index (κ2) is 15.1. The first-order valence-electron chi connectivity index (χ1n) is 15.1. The van der Waals surface area contributed by atoms with E-state index >= 15 is 0 Å². The van der Waals surface area contributed by atoms with Gasteiger partial charge >= 0.3 is 0 Å². The van der Waals surface area contributed by atoms with Crippen LogP contribution in [0.25, 0.3) is 0 Å². The van der Waals surface area contributed by atoms with Gasteiger partial charge in [0.25, 0.3) is 15.9 Å². The molecule has 8 nitrogen and oxygen atoms in total. The van der Waals surface area contributed by atoms with Gasteiger partial charge in [0, 0.05) is 31.6 Å². The van der Waals surface area contributed by atoms with Crippen molar-refractivity contribution in [3.63, 3.8) is 0 Å². The van der Waals surface area contributed by atoms with Gasteiger partial charge in [-0.3, -0.25) is 14.5 Å². The molecule has 0 aromatic heterocycles. The van der Waals surface area contributed by atoms with E-state index < -0.39 is 32.5 Å². The number of halogens is 2. The monoisotopic (exact) mass is 641 g/mol. The van der Waals surface area contributed by atoms with Gasteiger partial charge in [0.2, 0.25) is 5.91 Å². The number of aryl methyl sites for hydroxylation is 3. The summed E-state index contributed by atoms with van der Waals surface area (Å²) in [5.74, 6) is -3.35. The smallest absolute Gasteiger partial charge is 0.264 e. The van der Waals surface area contributed by atoms with Crippen LogP contribution in [0.15, 0.2) is 59.5 Å². The summed E-state index contributed by atoms with van der Waals surface area (Å²) in [6.07, 6.45) is 0.554. The van der Waals surface area contributed by atoms with Gasteiger partial charge in [-0.05, 0) is 73.6 Å². The number of ether oxygens (including phenoxy) is 1. The van der Waals surface area contributed by atoms with Crippen LogP contribution in [0.5, 0.6) is 0 Å². The number of rotatable bonds is 12. The second-order valence-electron chi connectivity index (χ2n) is 12.1. The lowest BCUT2D eigenvalue weighted by molar-refractivity contribution is -0.119. The predicted molar refractivity (Wildman–Crippen MR) is 168 cm³/mol. The maximum absolute atomic E-state index is 14.0. The maximum Gasteiger partial charge on any atom is 0.264 e. The van der Waals surface area contributed by atoms with Gasteiger partial charge in [0.05, 0.1) is 24.2 Å². The molecular weight excluding hydrogens is 600 g/mol. The number of nitrogens with zero attached hydrogens (tertiary/aromatic N) is 1. The quantitative estimate of drug-likeness (QED) is 0.276. The molecule has 1 aliphatic heterocycles. The van der Waals surface area contributed by atoms with E-state index in [4.69, 9.17) is 4.74 Å². The molecule has 0 aliphatic carbocycles. The minimum Gasteiger partial charge on any atom is -0.379 e. The number of nitrogens with one attached hydrogen (secondary N) is 2. The first-order valence-corrected chi connectivity index (χ1v) is 16.6. The molecule has 2 amide bonds. The van der Waals surface area contributed by atoms with Crippen molar-refractivity contribution in [2.45, 2.75) is 64.4 Å². The Bertz CT molecular complexity index is 1620. The number of carbonyl (C=O) groups excluding carboxylic acids is 2. The summed E-state index contributed by atoms with van der Waals surface area (Å²) in [5.41, 5.74) is 5.15. The van der Waals surface area contributed by atoms with Crippen LogP contribution in [0.4, 0.5) is 8.78 Å². The van der Waals surface area contributed by atoms with Crippen molar-refractivity contribution in [1.29, 1.82) is 0 Å². The first-order chi connectivity index (χ1) is 21.3. The van der Waals surface area contributed by atoms with E-state index in [0.717, 1.165) is 47.8 Å². The lowest BCUT2D eigenvalue weighted by Crippen LogP contribution is -2.36. The Morgan fingerprint density at radius 2 is 1.62 bits per heavy atom. The summed E-state index contributed by atoms with van der Waals surface area (Å²) < 4.78 is 59.5. The largest absolute Gasteiger partial charge is 0.379 e. The van der Waals surface area contributed by atoms with Crippen molar-refractivity contribution in [2.75, 3.05) is 26.3 Å². The van der Waals surface area contributed by atoms with Crippen LogP contribution in [-0.4, -0.2) is 51.4 Å². The Hall–Kier alpha value is -3.67. The molecule has 1 fully saturated rings. The van der Waals surface area contributed by atoms with E-state index in [2.05, 4.69) is 42.3 Å². The van der Waals surface area contributed by atoms with Crippen LogP contribution in [0, 0.1) is 31.4 Å². The van der Waals surface area contributed by atoms with Crippen LogP contribution >= 0.6 is 0 Å². The number of sulfonamides is 1. The lowest BCUT2D eigenvalue weighted by Gasteiger charge is -2.27. The third kappa shape index (κ3) is 9.66. The highest BCUT2D eigenvalue weighted by atomic mass is 32.2. The van der Waals surface area contributed by atoms with Crippen molar-refractivity contribution in [3.05, 3.63) is 99.6 Å². The van der Waals surface area contributed by atoms with Gasteiger partial charge in [-0.2, -0.15) is 0 Å². The fourth-order valence-electron chi connectivity index (χ4n) is 5.52. The van der Waals surface area contributed by atoms with Gasteiger partial charge in [-0.15, -0.1) is 0 Å². The molecule has 0 radical (unpaired) electrons. The van der Waals surface area contributed by atoms with Crippen molar-refractivity contribution < 1.29 is 31.5 Å². The summed E-state index contributed by atoms with van der Waals surface area (Å²) in [5, 5.41) is 3.23. The summed E-state index contributed by atoms with van der Waals surface area (Å²) in [4.78, 5) is 28.4. The van der Waals surface area contributed by atoms with Crippen LogP contribution < -0.4 is 10.0 Å². The van der Waals surface area contributed by atoms with Crippen LogP contribution in [0.1, 0.15) is 70.9 Å². The summed E-state index contributed by atoms with van der Waals surface area (Å²) in [6, 6.07) is 13.6. The minimum absolute atomic E-state index is 0.0815. The van der Waals surface area contributed by atoms with Crippen LogP contribution in [0.3, 0.4) is 0 Å². The molecule has 1 aliphatic rings. The SMILES string of the molecule is Cc1cc(C)cc(C(CC(C)C)NC(=O)c2cc(CN3CCOCC3)ccc2CCC(=O)NS(=O)(=O)c2ccc(F)c(F)c2)c1. The zero-order chi connectivity index (χ0) is 32.7. The van der Waals surface area contributed by atoms with E-state index in [1.165, 1.54) is 0 Å². The lowest BCUT2D eigenvalue weighted by atomic mass is 9.93. The fourth-order valence-corrected chi connectivity index (χ4v) is 6.54. The fraction of sp³-hybridized carbons (Fsp3) is 0.412. The van der Waals surface area contributed by atoms with Crippen molar-refractivity contribution >= 4 is 21.8 Å². The van der Waals surface area contributed by atoms with Crippen molar-refractivity contribution in [3.8, 4) is 0 Å². The van der Waals surface area contributed by atoms with Crippen molar-refractivity contribution in [1.82, 2.24) is 14.9 Å². The number of benzene rings is 3. The molecule has 0 bridgehead atoms. The Labute approximate surface area is 264 Å². The molecule has 242 valence electrons. The van der Waals surface area contributed by atoms with Gasteiger partial charge in [-0.25, -0.2) is 21.9 Å². The zero-order valence-electron chi connectivity index (χ0n) is 26.2. The van der Waals surface area contributed by atoms with E-state index in [9.17, 15) is 26.8 Å². The van der Waals surface area contributed by atoms with Crippen LogP contribution in [0.2, 0.25) is 0 Å². The Kier molecular flexibility index (Phi) is 11.5. The van der Waals surface area contributed by atoms with Gasteiger partial charge in [0.1, 0.15) is 0 Å². The number of hydrogen-bond acceptors (Lipinski definition) is 6. The molecule has 3 aromatic rings. The molecular formula is C34H41F2N3O5S. The minimum atomic E-state index is -4.42. The second-order valence-corrected chi connectivity index (χ2v) is 13.7. The third-order valence-electron chi connectivity index (χ3n) is 7.66. The molecule has 3 aromatic carbocycles. The molecule has 0 saturated carbocycles. The number of hydrogen-bond donors (Lipinski definition) is 2. The predicted octanol–water partition coefficient (Wildman–Crippen LogP) is 5.37. The third-order valence-corrected chi connectivity index (χ3v) is 9.03. The van der Waals surface area contributed by atoms with Crippen molar-refractivity contribution in [2.24, 2.45) is 5.92 Å². The van der Waals surface area contributed by atoms with E-state index in [-0.39, 0.29) is 24.8 Å². The molecule has 45 heavy (non-hydrogen) atoms. The molecule has 0 spiro atoms. The molecule has 2 N–H and O–H groups in total. The average molecular weight is 642 g/mol. The Morgan fingerprint density at radius 1 is 0.933 bits per heavy atom. The molecule has 1 saturated heterocycles. The number of morpholine rings is 1. The van der Waals surface area contributed by atoms with E-state index in [0.29, 0.717) is 48.9 Å². The maximum atomic E-state index is 14.0. The molecule has 1 atom stereocenters. The molecule has 1 unspecified atom stereocenters. The Balaban J connectivity index is 1.57. The Morgan fingerprint density at radius 3 is 2.27 bits per heavy atom. The van der Waals surface area contributed by atoms with Gasteiger partial charge in [-0.1, -0.05) is 55.3 Å². The standard InChI is InChI=1S/C34H41F2N3O5S/c1-22(2)15-32(27-17-23(3)16-24(4)18-27)37-34(41)29-19-25(21-39-11-13-44-14-12-39)5-6-26(29)7-10-33(40)38-45(42,43)28-8-9-30(35)31(36)20-28/h5-6,8-9,16-20,22,32H,7,10-15,21H2,1-4H3,(H,37,41)(H,38,40).